The average molecular weight is 279 g/mol. The van der Waals surface area contributed by atoms with Gasteiger partial charge in [-0.3, -0.25) is 4.68 Å². The Balaban J connectivity index is 2.49. The number of halogens is 2. The predicted molar refractivity (Wildman–Crippen MR) is 74.5 cm³/mol. The lowest BCUT2D eigenvalue weighted by Gasteiger charge is -2.19. The second kappa shape index (κ2) is 6.13. The van der Waals surface area contributed by atoms with Crippen LogP contribution < -0.4 is 5.32 Å². The molecule has 108 valence electrons. The van der Waals surface area contributed by atoms with Crippen LogP contribution in [0.5, 0.6) is 0 Å². The molecule has 0 saturated heterocycles. The number of aryl methyl sites for hydroxylation is 2. The molecule has 2 rings (SSSR count). The van der Waals surface area contributed by atoms with Crippen molar-refractivity contribution in [3.05, 3.63) is 52.9 Å². The highest BCUT2D eigenvalue weighted by Crippen LogP contribution is 2.24. The molecule has 1 heterocycles. The summed E-state index contributed by atoms with van der Waals surface area (Å²) >= 11 is 0. The van der Waals surface area contributed by atoms with Gasteiger partial charge in [0.2, 0.25) is 0 Å². The van der Waals surface area contributed by atoms with Gasteiger partial charge in [-0.05, 0) is 44.2 Å². The van der Waals surface area contributed by atoms with Crippen molar-refractivity contribution in [1.29, 1.82) is 0 Å². The highest BCUT2D eigenvalue weighted by Gasteiger charge is 2.19. The van der Waals surface area contributed by atoms with E-state index in [1.165, 1.54) is 12.1 Å². The van der Waals surface area contributed by atoms with E-state index < -0.39 is 11.6 Å². The van der Waals surface area contributed by atoms with Crippen molar-refractivity contribution >= 4 is 0 Å². The zero-order valence-electron chi connectivity index (χ0n) is 12.0. The molecule has 1 unspecified atom stereocenters. The molecule has 1 atom stereocenters. The summed E-state index contributed by atoms with van der Waals surface area (Å²) in [6, 6.07) is 5.28. The molecule has 2 aromatic rings. The maximum atomic E-state index is 13.4. The third-order valence-electron chi connectivity index (χ3n) is 3.16. The number of nitrogens with one attached hydrogen (secondary N) is 1. The minimum Gasteiger partial charge on any atom is -0.305 e. The molecule has 20 heavy (non-hydrogen) atoms. The van der Waals surface area contributed by atoms with Gasteiger partial charge in [-0.15, -0.1) is 0 Å². The molecule has 0 radical (unpaired) electrons. The van der Waals surface area contributed by atoms with Crippen LogP contribution in [0, 0.1) is 18.6 Å². The molecule has 0 aliphatic rings. The first-order valence-corrected chi connectivity index (χ1v) is 6.78. The summed E-state index contributed by atoms with van der Waals surface area (Å²) in [6.45, 7) is 7.26. The Bertz CT molecular complexity index is 573. The lowest BCUT2D eigenvalue weighted by Crippen LogP contribution is -2.25. The molecule has 5 heteroatoms. The van der Waals surface area contributed by atoms with E-state index in [-0.39, 0.29) is 6.04 Å². The lowest BCUT2D eigenvalue weighted by atomic mass is 10.0. The molecule has 0 aliphatic carbocycles. The molecule has 0 bridgehead atoms. The fourth-order valence-corrected chi connectivity index (χ4v) is 2.39. The summed E-state index contributed by atoms with van der Waals surface area (Å²) < 4.78 is 28.7. The molecule has 0 fully saturated rings. The highest BCUT2D eigenvalue weighted by molar-refractivity contribution is 5.30. The second-order valence-electron chi connectivity index (χ2n) is 4.72. The normalized spacial score (nSPS) is 12.7. The Hall–Kier alpha value is -1.75. The topological polar surface area (TPSA) is 29.9 Å². The maximum absolute atomic E-state index is 13.4. The van der Waals surface area contributed by atoms with E-state index in [1.807, 2.05) is 31.5 Å². The van der Waals surface area contributed by atoms with Gasteiger partial charge in [-0.1, -0.05) is 6.92 Å². The molecule has 1 aromatic heterocycles. The van der Waals surface area contributed by atoms with Gasteiger partial charge in [0.1, 0.15) is 11.6 Å². The molecule has 3 nitrogen and oxygen atoms in total. The van der Waals surface area contributed by atoms with Crippen molar-refractivity contribution in [2.24, 2.45) is 0 Å². The van der Waals surface area contributed by atoms with Crippen LogP contribution >= 0.6 is 0 Å². The first kappa shape index (κ1) is 14.7. The summed E-state index contributed by atoms with van der Waals surface area (Å²) in [5.41, 5.74) is 2.37. The molecule has 1 N–H and O–H groups in total. The van der Waals surface area contributed by atoms with Gasteiger partial charge in [0, 0.05) is 12.6 Å². The second-order valence-corrected chi connectivity index (χ2v) is 4.72. The summed E-state index contributed by atoms with van der Waals surface area (Å²) in [4.78, 5) is 0. The third-order valence-corrected chi connectivity index (χ3v) is 3.16. The number of hydrogen-bond acceptors (Lipinski definition) is 2. The minimum absolute atomic E-state index is 0.272. The Morgan fingerprint density at radius 3 is 2.35 bits per heavy atom. The molecular formula is C15H19F2N3. The standard InChI is InChI=1S/C15H19F2N3/c1-4-18-15(11-7-12(16)9-13(17)8-11)14-6-10(3)19-20(14)5-2/h6-9,15,18H,4-5H2,1-3H3. The zero-order valence-corrected chi connectivity index (χ0v) is 12.0. The van der Waals surface area contributed by atoms with Gasteiger partial charge in [-0.2, -0.15) is 5.10 Å². The monoisotopic (exact) mass is 279 g/mol. The van der Waals surface area contributed by atoms with Crippen LogP contribution in [0.2, 0.25) is 0 Å². The molecule has 0 saturated carbocycles. The zero-order chi connectivity index (χ0) is 14.7. The van der Waals surface area contributed by atoms with Gasteiger partial charge in [0.05, 0.1) is 17.4 Å². The van der Waals surface area contributed by atoms with E-state index in [4.69, 9.17) is 0 Å². The molecule has 1 aromatic carbocycles. The van der Waals surface area contributed by atoms with Crippen LogP contribution in [0.1, 0.15) is 36.8 Å². The third kappa shape index (κ3) is 3.04. The van der Waals surface area contributed by atoms with E-state index in [9.17, 15) is 8.78 Å². The van der Waals surface area contributed by atoms with Gasteiger partial charge in [-0.25, -0.2) is 8.78 Å². The van der Waals surface area contributed by atoms with Crippen molar-refractivity contribution < 1.29 is 8.78 Å². The van der Waals surface area contributed by atoms with Crippen molar-refractivity contribution in [3.8, 4) is 0 Å². The Kier molecular flexibility index (Phi) is 4.49. The lowest BCUT2D eigenvalue weighted by molar-refractivity contribution is 0.529. The predicted octanol–water partition coefficient (Wildman–Crippen LogP) is 3.19. The van der Waals surface area contributed by atoms with Crippen molar-refractivity contribution in [3.63, 3.8) is 0 Å². The number of nitrogens with zero attached hydrogens (tertiary/aromatic N) is 2. The molecule has 0 amide bonds. The Morgan fingerprint density at radius 2 is 1.80 bits per heavy atom. The van der Waals surface area contributed by atoms with Crippen molar-refractivity contribution in [1.82, 2.24) is 15.1 Å². The van der Waals surface area contributed by atoms with Crippen LogP contribution in [0.15, 0.2) is 24.3 Å². The first-order valence-electron chi connectivity index (χ1n) is 6.78. The summed E-state index contributed by atoms with van der Waals surface area (Å²) in [5.74, 6) is -1.13. The number of rotatable bonds is 5. The molecule has 0 spiro atoms. The molecular weight excluding hydrogens is 260 g/mol. The van der Waals surface area contributed by atoms with Gasteiger partial charge in [0.15, 0.2) is 0 Å². The van der Waals surface area contributed by atoms with Crippen LogP contribution in [-0.2, 0) is 6.54 Å². The Morgan fingerprint density at radius 1 is 1.15 bits per heavy atom. The highest BCUT2D eigenvalue weighted by atomic mass is 19.1. The smallest absolute Gasteiger partial charge is 0.126 e. The van der Waals surface area contributed by atoms with Gasteiger partial charge >= 0.3 is 0 Å². The van der Waals surface area contributed by atoms with E-state index in [1.54, 1.807) is 0 Å². The summed E-state index contributed by atoms with van der Waals surface area (Å²) in [6.07, 6.45) is 0. The van der Waals surface area contributed by atoms with E-state index in [2.05, 4.69) is 10.4 Å². The average Bonchev–Trinajstić information content (AvgIpc) is 2.75. The van der Waals surface area contributed by atoms with Crippen molar-refractivity contribution in [2.75, 3.05) is 6.54 Å². The largest absolute Gasteiger partial charge is 0.305 e. The van der Waals surface area contributed by atoms with Crippen molar-refractivity contribution in [2.45, 2.75) is 33.4 Å². The quantitative estimate of drug-likeness (QED) is 0.911. The van der Waals surface area contributed by atoms with E-state index in [0.29, 0.717) is 18.7 Å². The van der Waals surface area contributed by atoms with Crippen LogP contribution in [-0.4, -0.2) is 16.3 Å². The van der Waals surface area contributed by atoms with Crippen LogP contribution in [0.4, 0.5) is 8.78 Å². The Labute approximate surface area is 117 Å². The number of hydrogen-bond donors (Lipinski definition) is 1. The molecule has 0 aliphatic heterocycles. The maximum Gasteiger partial charge on any atom is 0.126 e. The first-order chi connectivity index (χ1) is 9.55. The van der Waals surface area contributed by atoms with E-state index in [0.717, 1.165) is 17.5 Å². The fraction of sp³-hybridized carbons (Fsp3) is 0.400. The fourth-order valence-electron chi connectivity index (χ4n) is 2.39. The van der Waals surface area contributed by atoms with Crippen LogP contribution in [0.3, 0.4) is 0 Å². The SMILES string of the molecule is CCNC(c1cc(F)cc(F)c1)c1cc(C)nn1CC. The van der Waals surface area contributed by atoms with E-state index >= 15 is 0 Å². The minimum atomic E-state index is -0.567. The number of aromatic nitrogens is 2. The van der Waals surface area contributed by atoms with Gasteiger partial charge in [0.25, 0.3) is 0 Å². The van der Waals surface area contributed by atoms with Gasteiger partial charge < -0.3 is 5.32 Å². The number of benzene rings is 1. The van der Waals surface area contributed by atoms with Crippen LogP contribution in [0.25, 0.3) is 0 Å². The summed E-state index contributed by atoms with van der Waals surface area (Å²) in [5, 5.41) is 7.66. The summed E-state index contributed by atoms with van der Waals surface area (Å²) in [7, 11) is 0.